The number of hydrogen-bond acceptors (Lipinski definition) is 5. The van der Waals surface area contributed by atoms with Gasteiger partial charge in [-0.25, -0.2) is 4.98 Å². The minimum Gasteiger partial charge on any atom is -0.322 e. The molecule has 4 amide bonds. The monoisotopic (exact) mass is 541 g/mol. The maximum Gasteiger partial charge on any atom is 0.261 e. The fourth-order valence-corrected chi connectivity index (χ4v) is 5.37. The zero-order chi connectivity index (χ0) is 28.7. The summed E-state index contributed by atoms with van der Waals surface area (Å²) in [5.41, 5.74) is 3.72. The van der Waals surface area contributed by atoms with E-state index in [1.807, 2.05) is 18.2 Å². The van der Waals surface area contributed by atoms with E-state index >= 15 is 0 Å². The number of fused-ring (bicyclic) bond motifs is 2. The summed E-state index contributed by atoms with van der Waals surface area (Å²) in [4.78, 5) is 58.5. The number of carbonyl (C=O) groups excluding carboxylic acids is 4. The van der Waals surface area contributed by atoms with E-state index in [0.717, 1.165) is 11.4 Å². The number of nitrogens with zero attached hydrogens (tertiary/aromatic N) is 5. The van der Waals surface area contributed by atoms with Crippen LogP contribution in [0.5, 0.6) is 0 Å². The standard InChI is InChI=1S/C31H35N5O4/c1-35(2,18-16-33-28(37)24-12-5-6-13-25(24)29(33)38)20-22-10-9-11-23(32-22)21-36(3,4)19-17-34-30(39)26-14-7-8-15-27(26)31(34)40/h5-15H,16-21H2,1-4H3/q+2. The number of pyridine rings is 1. The molecule has 0 radical (unpaired) electrons. The van der Waals surface area contributed by atoms with Gasteiger partial charge < -0.3 is 8.97 Å². The summed E-state index contributed by atoms with van der Waals surface area (Å²) in [6.07, 6.45) is 0. The lowest BCUT2D eigenvalue weighted by Crippen LogP contribution is -2.47. The molecule has 0 N–H and O–H groups in total. The van der Waals surface area contributed by atoms with Crippen LogP contribution in [-0.4, -0.2) is 102 Å². The number of aromatic nitrogens is 1. The highest BCUT2D eigenvalue weighted by Gasteiger charge is 2.37. The zero-order valence-electron chi connectivity index (χ0n) is 23.5. The van der Waals surface area contributed by atoms with Crippen LogP contribution in [0.3, 0.4) is 0 Å². The van der Waals surface area contributed by atoms with E-state index in [2.05, 4.69) is 28.2 Å². The fourth-order valence-electron chi connectivity index (χ4n) is 5.37. The average molecular weight is 542 g/mol. The Morgan fingerprint density at radius 2 is 0.850 bits per heavy atom. The molecular formula is C31H35N5O4+2. The van der Waals surface area contributed by atoms with E-state index in [1.165, 1.54) is 9.80 Å². The molecule has 40 heavy (non-hydrogen) atoms. The van der Waals surface area contributed by atoms with Gasteiger partial charge in [0, 0.05) is 0 Å². The Morgan fingerprint density at radius 1 is 0.525 bits per heavy atom. The Balaban J connectivity index is 1.17. The molecule has 3 heterocycles. The smallest absolute Gasteiger partial charge is 0.261 e. The molecule has 0 unspecified atom stereocenters. The summed E-state index contributed by atoms with van der Waals surface area (Å²) in [6, 6.07) is 19.9. The highest BCUT2D eigenvalue weighted by Crippen LogP contribution is 2.24. The van der Waals surface area contributed by atoms with Crippen LogP contribution in [0.25, 0.3) is 0 Å². The van der Waals surface area contributed by atoms with Crippen LogP contribution in [0.4, 0.5) is 0 Å². The topological polar surface area (TPSA) is 87.7 Å². The lowest BCUT2D eigenvalue weighted by Gasteiger charge is -2.32. The molecule has 2 aromatic carbocycles. The average Bonchev–Trinajstić information content (AvgIpc) is 3.30. The number of carbonyl (C=O) groups is 4. The second-order valence-corrected chi connectivity index (χ2v) is 11.9. The first-order valence-corrected chi connectivity index (χ1v) is 13.5. The first-order valence-electron chi connectivity index (χ1n) is 13.5. The van der Waals surface area contributed by atoms with Crippen LogP contribution in [0, 0.1) is 0 Å². The Hall–Kier alpha value is -4.21. The third kappa shape index (κ3) is 5.43. The van der Waals surface area contributed by atoms with Crippen molar-refractivity contribution in [2.24, 2.45) is 0 Å². The van der Waals surface area contributed by atoms with E-state index in [9.17, 15) is 19.2 Å². The highest BCUT2D eigenvalue weighted by atomic mass is 16.2. The van der Waals surface area contributed by atoms with Gasteiger partial charge in [0.25, 0.3) is 23.6 Å². The molecule has 9 nitrogen and oxygen atoms in total. The maximum absolute atomic E-state index is 12.7. The van der Waals surface area contributed by atoms with Crippen molar-refractivity contribution in [1.29, 1.82) is 0 Å². The third-order valence-corrected chi connectivity index (χ3v) is 7.66. The van der Waals surface area contributed by atoms with Crippen molar-refractivity contribution in [2.75, 3.05) is 54.4 Å². The van der Waals surface area contributed by atoms with Crippen molar-refractivity contribution in [3.8, 4) is 0 Å². The Bertz CT molecular complexity index is 1330. The normalized spacial score (nSPS) is 15.2. The molecule has 5 rings (SSSR count). The predicted octanol–water partition coefficient (Wildman–Crippen LogP) is 2.83. The van der Waals surface area contributed by atoms with Crippen LogP contribution < -0.4 is 0 Å². The van der Waals surface area contributed by atoms with Gasteiger partial charge in [-0.05, 0) is 36.4 Å². The van der Waals surface area contributed by atoms with Crippen molar-refractivity contribution < 1.29 is 28.1 Å². The molecule has 1 aromatic heterocycles. The van der Waals surface area contributed by atoms with E-state index in [4.69, 9.17) is 4.98 Å². The molecule has 0 saturated heterocycles. The highest BCUT2D eigenvalue weighted by molar-refractivity contribution is 6.22. The van der Waals surface area contributed by atoms with Gasteiger partial charge in [-0.2, -0.15) is 0 Å². The molecule has 0 fully saturated rings. The van der Waals surface area contributed by atoms with Gasteiger partial charge >= 0.3 is 0 Å². The molecule has 3 aromatic rings. The number of imide groups is 2. The van der Waals surface area contributed by atoms with Gasteiger partial charge in [-0.3, -0.25) is 29.0 Å². The molecular weight excluding hydrogens is 506 g/mol. The summed E-state index contributed by atoms with van der Waals surface area (Å²) in [5, 5.41) is 0. The molecule has 9 heteroatoms. The lowest BCUT2D eigenvalue weighted by atomic mass is 10.1. The van der Waals surface area contributed by atoms with Gasteiger partial charge in [0.15, 0.2) is 0 Å². The van der Waals surface area contributed by atoms with E-state index in [0.29, 0.717) is 70.5 Å². The van der Waals surface area contributed by atoms with E-state index in [-0.39, 0.29) is 23.6 Å². The lowest BCUT2D eigenvalue weighted by molar-refractivity contribution is -0.904. The molecule has 0 spiro atoms. The summed E-state index contributed by atoms with van der Waals surface area (Å²) < 4.78 is 1.11. The first kappa shape index (κ1) is 27.4. The number of rotatable bonds is 10. The van der Waals surface area contributed by atoms with Crippen molar-refractivity contribution >= 4 is 23.6 Å². The minimum atomic E-state index is -0.234. The minimum absolute atomic E-state index is 0.234. The van der Waals surface area contributed by atoms with E-state index in [1.54, 1.807) is 48.5 Å². The van der Waals surface area contributed by atoms with Crippen molar-refractivity contribution in [1.82, 2.24) is 14.8 Å². The van der Waals surface area contributed by atoms with E-state index < -0.39 is 0 Å². The second-order valence-electron chi connectivity index (χ2n) is 11.9. The number of quaternary nitrogens is 2. The SMILES string of the molecule is C[N+](C)(CCN1C(=O)c2ccccc2C1=O)Cc1cccc(C[N+](C)(C)CCN2C(=O)c3ccccc3C2=O)n1. The zero-order valence-corrected chi connectivity index (χ0v) is 23.5. The summed E-state index contributed by atoms with van der Waals surface area (Å²) in [5.74, 6) is -0.937. The number of hydrogen-bond donors (Lipinski definition) is 0. The van der Waals surface area contributed by atoms with Gasteiger partial charge in [-0.15, -0.1) is 0 Å². The van der Waals surface area contributed by atoms with Gasteiger partial charge in [0.1, 0.15) is 13.1 Å². The van der Waals surface area contributed by atoms with Gasteiger partial charge in [0.2, 0.25) is 0 Å². The van der Waals surface area contributed by atoms with Crippen LogP contribution in [-0.2, 0) is 13.1 Å². The number of benzene rings is 2. The number of amides is 4. The maximum atomic E-state index is 12.7. The molecule has 0 saturated carbocycles. The second kappa shape index (κ2) is 10.4. The fraction of sp³-hybridized carbons (Fsp3) is 0.323. The van der Waals surface area contributed by atoms with Crippen molar-refractivity contribution in [3.63, 3.8) is 0 Å². The van der Waals surface area contributed by atoms with Crippen LogP contribution in [0.2, 0.25) is 0 Å². The molecule has 0 bridgehead atoms. The predicted molar refractivity (Wildman–Crippen MR) is 149 cm³/mol. The summed E-state index contributed by atoms with van der Waals surface area (Å²) >= 11 is 0. The summed E-state index contributed by atoms with van der Waals surface area (Å²) in [6.45, 7) is 3.14. The largest absolute Gasteiger partial charge is 0.322 e. The third-order valence-electron chi connectivity index (χ3n) is 7.66. The van der Waals surface area contributed by atoms with Crippen LogP contribution in [0.15, 0.2) is 66.7 Å². The molecule has 2 aliphatic heterocycles. The Morgan fingerprint density at radius 3 is 1.18 bits per heavy atom. The molecule has 206 valence electrons. The number of likely N-dealkylation sites (N-methyl/N-ethyl adjacent to an activating group) is 2. The Labute approximate surface area is 234 Å². The van der Waals surface area contributed by atoms with Crippen molar-refractivity contribution in [2.45, 2.75) is 13.1 Å². The Kier molecular flexibility index (Phi) is 7.12. The summed E-state index contributed by atoms with van der Waals surface area (Å²) in [7, 11) is 8.26. The first-order chi connectivity index (χ1) is 19.0. The van der Waals surface area contributed by atoms with Crippen LogP contribution >= 0.6 is 0 Å². The van der Waals surface area contributed by atoms with Crippen LogP contribution in [0.1, 0.15) is 52.8 Å². The molecule has 2 aliphatic rings. The van der Waals surface area contributed by atoms with Gasteiger partial charge in [-0.1, -0.05) is 30.3 Å². The molecule has 0 aliphatic carbocycles. The molecule has 0 atom stereocenters. The van der Waals surface area contributed by atoms with Gasteiger partial charge in [0.05, 0.1) is 88.0 Å². The van der Waals surface area contributed by atoms with Crippen molar-refractivity contribution in [3.05, 3.63) is 100 Å². The quantitative estimate of drug-likeness (QED) is 0.291.